The van der Waals surface area contributed by atoms with Gasteiger partial charge >= 0.3 is 0 Å². The fourth-order valence-electron chi connectivity index (χ4n) is 1.74. The average Bonchev–Trinajstić information content (AvgIpc) is 2.76. The van der Waals surface area contributed by atoms with Crippen molar-refractivity contribution in [2.45, 2.75) is 18.9 Å². The third-order valence-electron chi connectivity index (χ3n) is 2.59. The third-order valence-corrected chi connectivity index (χ3v) is 3.09. The molecule has 0 aliphatic carbocycles. The van der Waals surface area contributed by atoms with E-state index in [0.29, 0.717) is 5.69 Å². The van der Waals surface area contributed by atoms with Gasteiger partial charge in [0.25, 0.3) is 0 Å². The fourth-order valence-corrected chi connectivity index (χ4v) is 2.10. The summed E-state index contributed by atoms with van der Waals surface area (Å²) >= 11 is 3.29. The minimum absolute atomic E-state index is 0. The van der Waals surface area contributed by atoms with Crippen molar-refractivity contribution in [3.05, 3.63) is 22.7 Å². The van der Waals surface area contributed by atoms with Crippen molar-refractivity contribution in [3.8, 4) is 5.75 Å². The van der Waals surface area contributed by atoms with Crippen molar-refractivity contribution in [3.63, 3.8) is 0 Å². The zero-order valence-electron chi connectivity index (χ0n) is 9.07. The quantitative estimate of drug-likeness (QED) is 0.732. The second-order valence-corrected chi connectivity index (χ2v) is 4.72. The molecule has 1 fully saturated rings. The van der Waals surface area contributed by atoms with Crippen LogP contribution in [0.15, 0.2) is 22.7 Å². The number of halogens is 2. The van der Waals surface area contributed by atoms with Crippen LogP contribution in [0.3, 0.4) is 0 Å². The molecule has 1 aliphatic rings. The highest BCUT2D eigenvalue weighted by Crippen LogP contribution is 2.27. The topological polar surface area (TPSA) is 61.4 Å². The van der Waals surface area contributed by atoms with Gasteiger partial charge < -0.3 is 15.7 Å². The number of anilines is 1. The molecule has 0 aromatic heterocycles. The Balaban J connectivity index is 0.00000144. The summed E-state index contributed by atoms with van der Waals surface area (Å²) in [4.78, 5) is 11.8. The molecule has 2 rings (SSSR count). The molecule has 0 bridgehead atoms. The maximum Gasteiger partial charge on any atom is 0.241 e. The summed E-state index contributed by atoms with van der Waals surface area (Å²) in [6.07, 6.45) is 1.86. The fraction of sp³-hybridized carbons (Fsp3) is 0.364. The van der Waals surface area contributed by atoms with Crippen molar-refractivity contribution in [1.29, 1.82) is 0 Å². The minimum Gasteiger partial charge on any atom is -0.506 e. The van der Waals surface area contributed by atoms with Gasteiger partial charge in [0.2, 0.25) is 5.91 Å². The van der Waals surface area contributed by atoms with Crippen molar-refractivity contribution < 1.29 is 9.90 Å². The van der Waals surface area contributed by atoms with E-state index >= 15 is 0 Å². The molecule has 4 nitrogen and oxygen atoms in total. The van der Waals surface area contributed by atoms with E-state index in [1.807, 2.05) is 0 Å². The van der Waals surface area contributed by atoms with Gasteiger partial charge in [-0.3, -0.25) is 4.79 Å². The van der Waals surface area contributed by atoms with E-state index in [1.54, 1.807) is 18.2 Å². The van der Waals surface area contributed by atoms with Gasteiger partial charge in [-0.15, -0.1) is 12.4 Å². The lowest BCUT2D eigenvalue weighted by molar-refractivity contribution is -0.117. The molecule has 0 spiro atoms. The van der Waals surface area contributed by atoms with E-state index in [2.05, 4.69) is 26.6 Å². The van der Waals surface area contributed by atoms with Crippen LogP contribution in [-0.2, 0) is 4.79 Å². The number of phenols is 1. The Kier molecular flexibility index (Phi) is 5.24. The number of benzene rings is 1. The molecule has 0 saturated carbocycles. The number of hydrogen-bond donors (Lipinski definition) is 3. The second kappa shape index (κ2) is 6.23. The lowest BCUT2D eigenvalue weighted by atomic mass is 10.2. The molecule has 1 aliphatic heterocycles. The minimum atomic E-state index is -0.140. The molecule has 1 aromatic rings. The highest BCUT2D eigenvalue weighted by atomic mass is 79.9. The van der Waals surface area contributed by atoms with E-state index in [9.17, 15) is 9.90 Å². The summed E-state index contributed by atoms with van der Waals surface area (Å²) in [7, 11) is 0. The van der Waals surface area contributed by atoms with Crippen LogP contribution in [0, 0.1) is 0 Å². The molecule has 1 atom stereocenters. The van der Waals surface area contributed by atoms with Crippen molar-refractivity contribution in [2.24, 2.45) is 0 Å². The van der Waals surface area contributed by atoms with Gasteiger partial charge in [-0.1, -0.05) is 15.9 Å². The van der Waals surface area contributed by atoms with Crippen LogP contribution in [0.4, 0.5) is 5.69 Å². The molecule has 1 aromatic carbocycles. The molecule has 17 heavy (non-hydrogen) atoms. The Morgan fingerprint density at radius 1 is 1.53 bits per heavy atom. The zero-order chi connectivity index (χ0) is 11.5. The summed E-state index contributed by atoms with van der Waals surface area (Å²) in [5.41, 5.74) is 0.438. The van der Waals surface area contributed by atoms with Crippen molar-refractivity contribution >= 4 is 39.9 Å². The molecule has 1 amide bonds. The lowest BCUT2D eigenvalue weighted by Gasteiger charge is -2.12. The van der Waals surface area contributed by atoms with Crippen LogP contribution in [0.1, 0.15) is 12.8 Å². The Morgan fingerprint density at radius 2 is 2.29 bits per heavy atom. The molecular formula is C11H14BrClN2O2. The normalized spacial score (nSPS) is 18.5. The lowest BCUT2D eigenvalue weighted by Crippen LogP contribution is -2.35. The predicted molar refractivity (Wildman–Crippen MR) is 72.7 cm³/mol. The number of nitrogens with one attached hydrogen (secondary N) is 2. The molecule has 3 N–H and O–H groups in total. The number of hydrogen-bond acceptors (Lipinski definition) is 3. The zero-order valence-corrected chi connectivity index (χ0v) is 11.5. The van der Waals surface area contributed by atoms with Gasteiger partial charge in [-0.2, -0.15) is 0 Å². The second-order valence-electron chi connectivity index (χ2n) is 3.80. The van der Waals surface area contributed by atoms with E-state index < -0.39 is 0 Å². The summed E-state index contributed by atoms with van der Waals surface area (Å²) in [5.74, 6) is -0.0135. The summed E-state index contributed by atoms with van der Waals surface area (Å²) < 4.78 is 0.819. The van der Waals surface area contributed by atoms with Crippen LogP contribution < -0.4 is 10.6 Å². The molecule has 6 heteroatoms. The van der Waals surface area contributed by atoms with Gasteiger partial charge in [0.1, 0.15) is 5.75 Å². The number of aromatic hydroxyl groups is 1. The molecule has 94 valence electrons. The molecule has 1 saturated heterocycles. The maximum absolute atomic E-state index is 11.8. The first-order chi connectivity index (χ1) is 7.66. The number of rotatable bonds is 2. The number of carbonyl (C=O) groups excluding carboxylic acids is 1. The van der Waals surface area contributed by atoms with Gasteiger partial charge in [-0.05, 0) is 37.6 Å². The first-order valence-electron chi connectivity index (χ1n) is 5.19. The summed E-state index contributed by atoms with van der Waals surface area (Å²) in [6, 6.07) is 4.81. The molecule has 0 radical (unpaired) electrons. The molecular weight excluding hydrogens is 307 g/mol. The van der Waals surface area contributed by atoms with Crippen LogP contribution in [0.25, 0.3) is 0 Å². The third kappa shape index (κ3) is 3.59. The van der Waals surface area contributed by atoms with E-state index in [1.165, 1.54) is 0 Å². The Bertz CT molecular complexity index is 408. The number of carbonyl (C=O) groups is 1. The Labute approximate surface area is 114 Å². The Morgan fingerprint density at radius 3 is 2.94 bits per heavy atom. The van der Waals surface area contributed by atoms with Gasteiger partial charge in [0.15, 0.2) is 0 Å². The Hall–Kier alpha value is -0.780. The smallest absolute Gasteiger partial charge is 0.241 e. The van der Waals surface area contributed by atoms with Crippen LogP contribution in [-0.4, -0.2) is 23.6 Å². The van der Waals surface area contributed by atoms with E-state index in [4.69, 9.17) is 0 Å². The predicted octanol–water partition coefficient (Wildman–Crippen LogP) is 2.27. The first kappa shape index (κ1) is 14.3. The van der Waals surface area contributed by atoms with E-state index in [-0.39, 0.29) is 30.1 Å². The van der Waals surface area contributed by atoms with Gasteiger partial charge in [-0.25, -0.2) is 0 Å². The van der Waals surface area contributed by atoms with Gasteiger partial charge in [0.05, 0.1) is 11.7 Å². The van der Waals surface area contributed by atoms with Crippen LogP contribution in [0.5, 0.6) is 5.75 Å². The van der Waals surface area contributed by atoms with Crippen LogP contribution in [0.2, 0.25) is 0 Å². The molecule has 0 unspecified atom stereocenters. The summed E-state index contributed by atoms with van der Waals surface area (Å²) in [5, 5.41) is 15.4. The largest absolute Gasteiger partial charge is 0.506 e. The summed E-state index contributed by atoms with van der Waals surface area (Å²) in [6.45, 7) is 0.878. The van der Waals surface area contributed by atoms with Crippen molar-refractivity contribution in [2.75, 3.05) is 11.9 Å². The monoisotopic (exact) mass is 320 g/mol. The van der Waals surface area contributed by atoms with Crippen LogP contribution >= 0.6 is 28.3 Å². The highest BCUT2D eigenvalue weighted by Gasteiger charge is 2.22. The molecule has 1 heterocycles. The van der Waals surface area contributed by atoms with E-state index in [0.717, 1.165) is 23.9 Å². The number of amides is 1. The van der Waals surface area contributed by atoms with Crippen molar-refractivity contribution in [1.82, 2.24) is 5.32 Å². The maximum atomic E-state index is 11.8. The standard InChI is InChI=1S/C11H13BrN2O2.ClH/c12-7-3-4-10(15)9(6-7)14-11(16)8-2-1-5-13-8;/h3-4,6,8,13,15H,1-2,5H2,(H,14,16);1H/t8-;/m0./s1. The average molecular weight is 322 g/mol. The SMILES string of the molecule is Cl.O=C(Nc1cc(Br)ccc1O)[C@@H]1CCCN1. The van der Waals surface area contributed by atoms with Gasteiger partial charge in [0, 0.05) is 4.47 Å². The number of phenolic OH excluding ortho intramolecular Hbond substituents is 1. The highest BCUT2D eigenvalue weighted by molar-refractivity contribution is 9.10. The first-order valence-corrected chi connectivity index (χ1v) is 5.99.